The molecule has 2 N–H and O–H groups in total. The lowest BCUT2D eigenvalue weighted by molar-refractivity contribution is -0.132. The molecule has 0 saturated carbocycles. The molecule has 0 aliphatic rings. The van der Waals surface area contributed by atoms with E-state index in [0.717, 1.165) is 5.56 Å². The van der Waals surface area contributed by atoms with E-state index >= 15 is 0 Å². The number of rotatable bonds is 5. The minimum Gasteiger partial charge on any atom is -0.478 e. The molecule has 90 valence electrons. The Balaban J connectivity index is 2.50. The highest BCUT2D eigenvalue weighted by molar-refractivity contribution is 5.85. The molecule has 0 aliphatic carbocycles. The molecule has 0 aliphatic heterocycles. The van der Waals surface area contributed by atoms with Gasteiger partial charge in [-0.25, -0.2) is 4.79 Å². The number of aliphatic hydroxyl groups is 1. The maximum Gasteiger partial charge on any atom is 0.330 e. The fraction of sp³-hybridized carbons (Fsp3) is 0.214. The van der Waals surface area contributed by atoms with Gasteiger partial charge in [0.2, 0.25) is 0 Å². The Kier molecular flexibility index (Phi) is 5.17. The summed E-state index contributed by atoms with van der Waals surface area (Å²) in [4.78, 5) is 10.5. The number of carbonyl (C=O) groups is 1. The van der Waals surface area contributed by atoms with Crippen LogP contribution in [0, 0.1) is 0 Å². The molecule has 0 amide bonds. The molecule has 1 aromatic rings. The Bertz CT molecular complexity index is 418. The molecule has 1 atom stereocenters. The summed E-state index contributed by atoms with van der Waals surface area (Å²) in [6, 6.07) is 9.62. The Hall–Kier alpha value is -1.87. The largest absolute Gasteiger partial charge is 0.478 e. The van der Waals surface area contributed by atoms with Crippen LogP contribution in [0.3, 0.4) is 0 Å². The summed E-state index contributed by atoms with van der Waals surface area (Å²) in [5, 5.41) is 18.3. The van der Waals surface area contributed by atoms with E-state index in [-0.39, 0.29) is 5.57 Å². The third kappa shape index (κ3) is 5.13. The molecule has 3 nitrogen and oxygen atoms in total. The lowest BCUT2D eigenvalue weighted by Crippen LogP contribution is -2.02. The zero-order chi connectivity index (χ0) is 12.7. The van der Waals surface area contributed by atoms with Crippen molar-refractivity contribution in [1.29, 1.82) is 0 Å². The first-order valence-corrected chi connectivity index (χ1v) is 5.41. The average Bonchev–Trinajstić information content (AvgIpc) is 2.34. The summed E-state index contributed by atoms with van der Waals surface area (Å²) in [7, 11) is 0. The Morgan fingerprint density at radius 1 is 1.35 bits per heavy atom. The monoisotopic (exact) mass is 232 g/mol. The minimum absolute atomic E-state index is 0.247. The van der Waals surface area contributed by atoms with Crippen LogP contribution in [0.2, 0.25) is 0 Å². The molecular formula is C14H16O3. The molecule has 17 heavy (non-hydrogen) atoms. The fourth-order valence-corrected chi connectivity index (χ4v) is 1.25. The maximum atomic E-state index is 10.5. The molecule has 3 heteroatoms. The van der Waals surface area contributed by atoms with Crippen molar-refractivity contribution >= 4 is 12.0 Å². The van der Waals surface area contributed by atoms with Gasteiger partial charge in [0.25, 0.3) is 0 Å². The molecule has 0 aromatic heterocycles. The van der Waals surface area contributed by atoms with Crippen molar-refractivity contribution in [3.05, 3.63) is 53.6 Å². The zero-order valence-electron chi connectivity index (χ0n) is 9.71. The highest BCUT2D eigenvalue weighted by atomic mass is 16.4. The quantitative estimate of drug-likeness (QED) is 0.767. The molecule has 1 rings (SSSR count). The highest BCUT2D eigenvalue weighted by Gasteiger charge is 2.01. The van der Waals surface area contributed by atoms with E-state index in [4.69, 9.17) is 5.11 Å². The van der Waals surface area contributed by atoms with Gasteiger partial charge in [0.05, 0.1) is 6.10 Å². The fourth-order valence-electron chi connectivity index (χ4n) is 1.25. The first-order chi connectivity index (χ1) is 8.09. The Labute approximate surface area is 101 Å². The first kappa shape index (κ1) is 13.2. The van der Waals surface area contributed by atoms with Gasteiger partial charge in [0.15, 0.2) is 0 Å². The van der Waals surface area contributed by atoms with Crippen LogP contribution in [0.25, 0.3) is 6.08 Å². The number of carboxylic acid groups (broad SMARTS) is 1. The van der Waals surface area contributed by atoms with E-state index in [0.29, 0.717) is 6.42 Å². The normalized spacial score (nSPS) is 13.9. The van der Waals surface area contributed by atoms with E-state index in [1.165, 1.54) is 13.0 Å². The van der Waals surface area contributed by atoms with Crippen molar-refractivity contribution in [1.82, 2.24) is 0 Å². The van der Waals surface area contributed by atoms with Crippen LogP contribution in [0.4, 0.5) is 0 Å². The summed E-state index contributed by atoms with van der Waals surface area (Å²) in [6.07, 6.45) is 4.63. The third-order valence-corrected chi connectivity index (χ3v) is 2.31. The summed E-state index contributed by atoms with van der Waals surface area (Å²) in [5.41, 5.74) is 1.25. The van der Waals surface area contributed by atoms with Crippen LogP contribution in [0.15, 0.2) is 48.1 Å². The van der Waals surface area contributed by atoms with E-state index < -0.39 is 12.1 Å². The molecular weight excluding hydrogens is 216 g/mol. The van der Waals surface area contributed by atoms with Crippen molar-refractivity contribution in [3.63, 3.8) is 0 Å². The number of hydrogen-bond donors (Lipinski definition) is 2. The molecule has 1 aromatic carbocycles. The van der Waals surface area contributed by atoms with Gasteiger partial charge in [0.1, 0.15) is 0 Å². The SMILES string of the molecule is CC(=CCC(O)C=Cc1ccccc1)C(=O)O. The minimum atomic E-state index is -0.954. The lowest BCUT2D eigenvalue weighted by atomic mass is 10.1. The molecule has 0 spiro atoms. The summed E-state index contributed by atoms with van der Waals surface area (Å²) < 4.78 is 0. The Morgan fingerprint density at radius 3 is 2.59 bits per heavy atom. The van der Waals surface area contributed by atoms with Crippen LogP contribution in [-0.4, -0.2) is 22.3 Å². The van der Waals surface area contributed by atoms with Crippen LogP contribution >= 0.6 is 0 Å². The second-order valence-electron chi connectivity index (χ2n) is 3.77. The maximum absolute atomic E-state index is 10.5. The molecule has 1 unspecified atom stereocenters. The van der Waals surface area contributed by atoms with Gasteiger partial charge in [-0.15, -0.1) is 0 Å². The van der Waals surface area contributed by atoms with E-state index in [2.05, 4.69) is 0 Å². The first-order valence-electron chi connectivity index (χ1n) is 5.41. The second-order valence-corrected chi connectivity index (χ2v) is 3.77. The van der Waals surface area contributed by atoms with Crippen molar-refractivity contribution in [2.24, 2.45) is 0 Å². The van der Waals surface area contributed by atoms with Gasteiger partial charge in [-0.05, 0) is 18.9 Å². The van der Waals surface area contributed by atoms with Crippen LogP contribution in [-0.2, 0) is 4.79 Å². The van der Waals surface area contributed by atoms with Crippen molar-refractivity contribution in [2.45, 2.75) is 19.4 Å². The predicted octanol–water partition coefficient (Wildman–Crippen LogP) is 2.48. The molecule has 0 bridgehead atoms. The number of aliphatic hydroxyl groups excluding tert-OH is 1. The van der Waals surface area contributed by atoms with Crippen molar-refractivity contribution in [3.8, 4) is 0 Å². The lowest BCUT2D eigenvalue weighted by Gasteiger charge is -2.01. The second kappa shape index (κ2) is 6.66. The van der Waals surface area contributed by atoms with Crippen molar-refractivity contribution in [2.75, 3.05) is 0 Å². The van der Waals surface area contributed by atoms with Crippen LogP contribution in [0.1, 0.15) is 18.9 Å². The van der Waals surface area contributed by atoms with Gasteiger partial charge < -0.3 is 10.2 Å². The van der Waals surface area contributed by atoms with Gasteiger partial charge in [-0.2, -0.15) is 0 Å². The van der Waals surface area contributed by atoms with E-state index in [1.807, 2.05) is 36.4 Å². The van der Waals surface area contributed by atoms with Gasteiger partial charge in [0, 0.05) is 5.57 Å². The van der Waals surface area contributed by atoms with Crippen molar-refractivity contribution < 1.29 is 15.0 Å². The topological polar surface area (TPSA) is 57.5 Å². The summed E-state index contributed by atoms with van der Waals surface area (Å²) in [5.74, 6) is -0.954. The summed E-state index contributed by atoms with van der Waals surface area (Å²) >= 11 is 0. The van der Waals surface area contributed by atoms with Gasteiger partial charge in [-0.1, -0.05) is 48.6 Å². The molecule has 0 heterocycles. The summed E-state index contributed by atoms with van der Waals surface area (Å²) in [6.45, 7) is 1.51. The molecule has 0 fully saturated rings. The molecule has 0 saturated heterocycles. The third-order valence-electron chi connectivity index (χ3n) is 2.31. The number of aliphatic carboxylic acids is 1. The smallest absolute Gasteiger partial charge is 0.330 e. The van der Waals surface area contributed by atoms with Gasteiger partial charge >= 0.3 is 5.97 Å². The number of benzene rings is 1. The number of carboxylic acids is 1. The zero-order valence-corrected chi connectivity index (χ0v) is 9.71. The van der Waals surface area contributed by atoms with Crippen LogP contribution in [0.5, 0.6) is 0 Å². The average molecular weight is 232 g/mol. The highest BCUT2D eigenvalue weighted by Crippen LogP contribution is 2.05. The van der Waals surface area contributed by atoms with Gasteiger partial charge in [-0.3, -0.25) is 0 Å². The van der Waals surface area contributed by atoms with E-state index in [9.17, 15) is 9.90 Å². The standard InChI is InChI=1S/C14H16O3/c1-11(14(16)17)7-9-13(15)10-8-12-5-3-2-4-6-12/h2-8,10,13,15H,9H2,1H3,(H,16,17). The Morgan fingerprint density at radius 2 is 2.00 bits per heavy atom. The van der Waals surface area contributed by atoms with Crippen LogP contribution < -0.4 is 0 Å². The number of hydrogen-bond acceptors (Lipinski definition) is 2. The predicted molar refractivity (Wildman–Crippen MR) is 67.5 cm³/mol. The molecule has 0 radical (unpaired) electrons. The van der Waals surface area contributed by atoms with E-state index in [1.54, 1.807) is 6.08 Å².